The number of anilines is 2. The first-order valence-electron chi connectivity index (χ1n) is 11.5. The lowest BCUT2D eigenvalue weighted by Crippen LogP contribution is -2.29. The van der Waals surface area contributed by atoms with E-state index in [1.165, 1.54) is 10.6 Å². The Kier molecular flexibility index (Phi) is 7.74. The summed E-state index contributed by atoms with van der Waals surface area (Å²) >= 11 is 0. The molecule has 0 aliphatic rings. The van der Waals surface area contributed by atoms with Gasteiger partial charge >= 0.3 is 0 Å². The molecule has 190 valence electrons. The van der Waals surface area contributed by atoms with Crippen LogP contribution in [0.15, 0.2) is 95.6 Å². The molecule has 1 heterocycles. The molecule has 0 unspecified atom stereocenters. The monoisotopic (exact) mass is 517 g/mol. The first-order valence-corrected chi connectivity index (χ1v) is 13.4. The van der Waals surface area contributed by atoms with Crippen LogP contribution in [0.1, 0.15) is 37.6 Å². The van der Waals surface area contributed by atoms with Gasteiger partial charge in [-0.15, -0.1) is 0 Å². The van der Waals surface area contributed by atoms with Crippen molar-refractivity contribution < 1.29 is 22.4 Å². The van der Waals surface area contributed by atoms with E-state index in [2.05, 4.69) is 10.6 Å². The summed E-state index contributed by atoms with van der Waals surface area (Å²) in [4.78, 5) is 25.6. The summed E-state index contributed by atoms with van der Waals surface area (Å²) in [5, 5.41) is 5.54. The molecule has 4 aromatic rings. The van der Waals surface area contributed by atoms with Crippen molar-refractivity contribution in [3.8, 4) is 0 Å². The van der Waals surface area contributed by atoms with Crippen molar-refractivity contribution in [2.75, 3.05) is 15.9 Å². The minimum atomic E-state index is -3.56. The normalized spacial score (nSPS) is 11.1. The van der Waals surface area contributed by atoms with E-state index < -0.39 is 15.9 Å². The third kappa shape index (κ3) is 6.65. The fraction of sp³-hybridized carbons (Fsp3) is 0.143. The van der Waals surface area contributed by atoms with Gasteiger partial charge in [-0.3, -0.25) is 13.9 Å². The minimum absolute atomic E-state index is 0.172. The highest BCUT2D eigenvalue weighted by Crippen LogP contribution is 2.23. The Balaban J connectivity index is 1.48. The van der Waals surface area contributed by atoms with Crippen molar-refractivity contribution in [2.45, 2.75) is 20.0 Å². The zero-order valence-corrected chi connectivity index (χ0v) is 21.3. The quantitative estimate of drug-likeness (QED) is 0.333. The second-order valence-electron chi connectivity index (χ2n) is 8.56. The molecule has 8 nitrogen and oxygen atoms in total. The number of furan rings is 1. The first kappa shape index (κ1) is 25.7. The maximum Gasteiger partial charge on any atom is 0.255 e. The van der Waals surface area contributed by atoms with E-state index in [9.17, 15) is 18.0 Å². The molecule has 0 spiro atoms. The Morgan fingerprint density at radius 2 is 1.57 bits per heavy atom. The van der Waals surface area contributed by atoms with Gasteiger partial charge in [-0.1, -0.05) is 42.0 Å². The summed E-state index contributed by atoms with van der Waals surface area (Å²) in [6.07, 6.45) is 2.67. The third-order valence-corrected chi connectivity index (χ3v) is 6.83. The predicted molar refractivity (Wildman–Crippen MR) is 143 cm³/mol. The van der Waals surface area contributed by atoms with Gasteiger partial charge in [0.25, 0.3) is 11.8 Å². The number of hydrogen-bond acceptors (Lipinski definition) is 5. The molecule has 0 atom stereocenters. The van der Waals surface area contributed by atoms with Crippen LogP contribution >= 0.6 is 0 Å². The van der Waals surface area contributed by atoms with Crippen molar-refractivity contribution >= 4 is 33.2 Å². The van der Waals surface area contributed by atoms with Crippen molar-refractivity contribution in [2.24, 2.45) is 0 Å². The second kappa shape index (κ2) is 11.1. The van der Waals surface area contributed by atoms with Crippen molar-refractivity contribution in [3.05, 3.63) is 119 Å². The second-order valence-corrected chi connectivity index (χ2v) is 10.5. The minimum Gasteiger partial charge on any atom is -0.467 e. The van der Waals surface area contributed by atoms with Gasteiger partial charge in [-0.25, -0.2) is 8.42 Å². The lowest BCUT2D eigenvalue weighted by Gasteiger charge is -2.23. The SMILES string of the molecule is Cc1ccc(CN(c2ccc(C(=O)Nc3ccccc3C(=O)NCc3ccco3)cc2)S(C)(=O)=O)cc1. The number of nitrogens with one attached hydrogen (secondary N) is 2. The van der Waals surface area contributed by atoms with Crippen LogP contribution in [0.2, 0.25) is 0 Å². The highest BCUT2D eigenvalue weighted by atomic mass is 32.2. The molecule has 0 bridgehead atoms. The fourth-order valence-corrected chi connectivity index (χ4v) is 4.59. The molecule has 0 radical (unpaired) electrons. The lowest BCUT2D eigenvalue weighted by atomic mass is 10.1. The average molecular weight is 518 g/mol. The van der Waals surface area contributed by atoms with Crippen LogP contribution in [0.25, 0.3) is 0 Å². The van der Waals surface area contributed by atoms with Crippen LogP contribution in [0.3, 0.4) is 0 Å². The van der Waals surface area contributed by atoms with Crippen molar-refractivity contribution in [3.63, 3.8) is 0 Å². The van der Waals surface area contributed by atoms with Gasteiger partial charge in [0.1, 0.15) is 5.76 Å². The molecular formula is C28H27N3O5S. The molecule has 0 aliphatic heterocycles. The van der Waals surface area contributed by atoms with Crippen LogP contribution in [0.4, 0.5) is 11.4 Å². The van der Waals surface area contributed by atoms with E-state index in [4.69, 9.17) is 4.42 Å². The molecule has 37 heavy (non-hydrogen) atoms. The molecule has 1 aromatic heterocycles. The Morgan fingerprint density at radius 3 is 2.22 bits per heavy atom. The van der Waals surface area contributed by atoms with Crippen LogP contribution in [0.5, 0.6) is 0 Å². The maximum absolute atomic E-state index is 12.9. The topological polar surface area (TPSA) is 109 Å². The Labute approximate surface area is 216 Å². The molecule has 3 aromatic carbocycles. The van der Waals surface area contributed by atoms with E-state index in [1.54, 1.807) is 60.7 Å². The van der Waals surface area contributed by atoms with Crippen LogP contribution in [-0.4, -0.2) is 26.5 Å². The van der Waals surface area contributed by atoms with Gasteiger partial charge in [-0.05, 0) is 61.0 Å². The largest absolute Gasteiger partial charge is 0.467 e. The first-order chi connectivity index (χ1) is 17.7. The average Bonchev–Trinajstić information content (AvgIpc) is 3.40. The van der Waals surface area contributed by atoms with E-state index in [1.807, 2.05) is 31.2 Å². The summed E-state index contributed by atoms with van der Waals surface area (Å²) in [6, 6.07) is 24.1. The van der Waals surface area contributed by atoms with Gasteiger partial charge in [0.15, 0.2) is 0 Å². The number of carbonyl (C=O) groups excluding carboxylic acids is 2. The molecule has 0 aliphatic carbocycles. The molecular weight excluding hydrogens is 490 g/mol. The number of aryl methyl sites for hydroxylation is 1. The maximum atomic E-state index is 12.9. The van der Waals surface area contributed by atoms with Crippen molar-refractivity contribution in [1.82, 2.24) is 5.32 Å². The van der Waals surface area contributed by atoms with Crippen molar-refractivity contribution in [1.29, 1.82) is 0 Å². The highest BCUT2D eigenvalue weighted by Gasteiger charge is 2.19. The number of nitrogens with zero attached hydrogens (tertiary/aromatic N) is 1. The number of benzene rings is 3. The van der Waals surface area contributed by atoms with Gasteiger partial charge in [-0.2, -0.15) is 0 Å². The van der Waals surface area contributed by atoms with Crippen LogP contribution in [0, 0.1) is 6.92 Å². The summed E-state index contributed by atoms with van der Waals surface area (Å²) in [7, 11) is -3.56. The Hall–Kier alpha value is -4.37. The molecule has 0 saturated heterocycles. The summed E-state index contributed by atoms with van der Waals surface area (Å²) in [5.74, 6) is -0.176. The zero-order valence-electron chi connectivity index (χ0n) is 20.5. The molecule has 9 heteroatoms. The molecule has 0 fully saturated rings. The summed E-state index contributed by atoms with van der Waals surface area (Å²) in [6.45, 7) is 2.35. The van der Waals surface area contributed by atoms with Crippen LogP contribution < -0.4 is 14.9 Å². The van der Waals surface area contributed by atoms with E-state index in [0.29, 0.717) is 28.3 Å². The Bertz CT molecular complexity index is 1480. The zero-order chi connectivity index (χ0) is 26.4. The molecule has 0 saturated carbocycles. The Morgan fingerprint density at radius 1 is 0.865 bits per heavy atom. The summed E-state index contributed by atoms with van der Waals surface area (Å²) < 4.78 is 31.5. The molecule has 2 N–H and O–H groups in total. The number of carbonyl (C=O) groups is 2. The van der Waals surface area contributed by atoms with Gasteiger partial charge in [0, 0.05) is 5.56 Å². The number of para-hydroxylation sites is 1. The number of hydrogen-bond donors (Lipinski definition) is 2. The standard InChI is InChI=1S/C28H27N3O5S/c1-20-9-11-21(12-10-20)19-31(37(2,34)35)23-15-13-22(14-16-23)27(32)30-26-8-4-3-7-25(26)28(33)29-18-24-6-5-17-36-24/h3-17H,18-19H2,1-2H3,(H,29,33)(H,30,32). The van der Waals surface area contributed by atoms with Gasteiger partial charge in [0.2, 0.25) is 10.0 Å². The van der Waals surface area contributed by atoms with E-state index in [0.717, 1.165) is 17.4 Å². The highest BCUT2D eigenvalue weighted by molar-refractivity contribution is 7.92. The van der Waals surface area contributed by atoms with Crippen LogP contribution in [-0.2, 0) is 23.1 Å². The number of amides is 2. The number of sulfonamides is 1. The predicted octanol–water partition coefficient (Wildman–Crippen LogP) is 4.74. The van der Waals surface area contributed by atoms with E-state index >= 15 is 0 Å². The lowest BCUT2D eigenvalue weighted by molar-refractivity contribution is 0.0949. The van der Waals surface area contributed by atoms with Gasteiger partial charge < -0.3 is 15.1 Å². The molecule has 4 rings (SSSR count). The number of rotatable bonds is 9. The smallest absolute Gasteiger partial charge is 0.255 e. The molecule has 2 amide bonds. The third-order valence-electron chi connectivity index (χ3n) is 5.69. The van der Waals surface area contributed by atoms with E-state index in [-0.39, 0.29) is 19.0 Å². The van der Waals surface area contributed by atoms with Gasteiger partial charge in [0.05, 0.1) is 42.5 Å². The summed E-state index contributed by atoms with van der Waals surface area (Å²) in [5.41, 5.74) is 3.35. The fourth-order valence-electron chi connectivity index (χ4n) is 3.70.